The van der Waals surface area contributed by atoms with E-state index in [0.29, 0.717) is 11.3 Å². The van der Waals surface area contributed by atoms with Crippen LogP contribution in [-0.2, 0) is 19.2 Å². The predicted octanol–water partition coefficient (Wildman–Crippen LogP) is 1.51. The highest BCUT2D eigenvalue weighted by Crippen LogP contribution is 2.65. The van der Waals surface area contributed by atoms with Crippen LogP contribution in [0.25, 0.3) is 0 Å². The summed E-state index contributed by atoms with van der Waals surface area (Å²) in [6, 6.07) is -4.37. The number of primary amides is 1. The van der Waals surface area contributed by atoms with E-state index in [-0.39, 0.29) is 48.2 Å². The van der Waals surface area contributed by atoms with Gasteiger partial charge in [-0.25, -0.2) is 4.79 Å². The molecule has 0 aromatic heterocycles. The van der Waals surface area contributed by atoms with Gasteiger partial charge in [-0.1, -0.05) is 34.6 Å². The molecule has 236 valence electrons. The van der Waals surface area contributed by atoms with E-state index in [0.717, 1.165) is 12.8 Å². The van der Waals surface area contributed by atoms with Crippen molar-refractivity contribution in [1.82, 2.24) is 25.8 Å². The smallest absolute Gasteiger partial charge is 0.368 e. The number of hydrogen-bond donors (Lipinski definition) is 4. The first-order valence-electron chi connectivity index (χ1n) is 14.5. The molecule has 2 saturated carbocycles. The minimum atomic E-state index is -4.62. The molecule has 0 aromatic rings. The molecule has 0 aromatic carbocycles. The first-order chi connectivity index (χ1) is 19.2. The number of carbonyl (C=O) groups is 5. The molecule has 2 aliphatic heterocycles. The van der Waals surface area contributed by atoms with Crippen LogP contribution in [0.2, 0.25) is 0 Å². The van der Waals surface area contributed by atoms with Crippen molar-refractivity contribution < 1.29 is 37.1 Å². The summed E-state index contributed by atoms with van der Waals surface area (Å²) in [6.45, 7) is 8.91. The molecule has 2 saturated heterocycles. The predicted molar refractivity (Wildman–Crippen MR) is 145 cm³/mol. The summed E-state index contributed by atoms with van der Waals surface area (Å²) >= 11 is 0. The normalized spacial score (nSPS) is 28.4. The standard InChI is InChI=1S/C28H43F3N6O5/c1-7-36(13-28(29,30)31)24(42)34-19(25(2,3)4)23(41)37-12-15-17(26(15,5)6)18(37)22(40)33-16(20(32)38)10-14-11-27(8-9-27)35-21(14)39/h14-19H,7-13H2,1-6H3,(H2,32,38)(H,33,40)(H,34,42)(H,35,39)/t14-,15+,16+,17+,18+,19-/m1/s1. The van der Waals surface area contributed by atoms with E-state index in [1.807, 2.05) is 13.8 Å². The molecule has 4 aliphatic rings. The number of likely N-dealkylation sites (tertiary alicyclic amines) is 1. The number of urea groups is 1. The Morgan fingerprint density at radius 1 is 1.14 bits per heavy atom. The summed E-state index contributed by atoms with van der Waals surface area (Å²) in [5.74, 6) is -2.87. The summed E-state index contributed by atoms with van der Waals surface area (Å²) in [6.07, 6.45) is -2.27. The molecule has 4 fully saturated rings. The summed E-state index contributed by atoms with van der Waals surface area (Å²) in [4.78, 5) is 67.4. The largest absolute Gasteiger partial charge is 0.406 e. The molecule has 14 heteroatoms. The van der Waals surface area contributed by atoms with Crippen LogP contribution in [0.1, 0.15) is 67.2 Å². The van der Waals surface area contributed by atoms with Crippen LogP contribution in [-0.4, -0.2) is 88.9 Å². The van der Waals surface area contributed by atoms with Gasteiger partial charge in [0, 0.05) is 24.5 Å². The Morgan fingerprint density at radius 3 is 2.24 bits per heavy atom. The summed E-state index contributed by atoms with van der Waals surface area (Å²) in [7, 11) is 0. The van der Waals surface area contributed by atoms with Gasteiger partial charge in [-0.3, -0.25) is 19.2 Å². The molecule has 11 nitrogen and oxygen atoms in total. The number of rotatable bonds is 9. The van der Waals surface area contributed by atoms with Gasteiger partial charge in [-0.2, -0.15) is 13.2 Å². The number of hydrogen-bond acceptors (Lipinski definition) is 5. The molecule has 42 heavy (non-hydrogen) atoms. The van der Waals surface area contributed by atoms with Crippen molar-refractivity contribution >= 4 is 29.7 Å². The van der Waals surface area contributed by atoms with E-state index in [2.05, 4.69) is 16.0 Å². The van der Waals surface area contributed by atoms with E-state index in [9.17, 15) is 37.1 Å². The number of amides is 6. The fourth-order valence-corrected chi connectivity index (χ4v) is 6.82. The second-order valence-corrected chi connectivity index (χ2v) is 14.1. The fourth-order valence-electron chi connectivity index (χ4n) is 6.82. The van der Waals surface area contributed by atoms with Gasteiger partial charge in [0.05, 0.1) is 0 Å². The second-order valence-electron chi connectivity index (χ2n) is 14.1. The highest BCUT2D eigenvalue weighted by atomic mass is 19.4. The van der Waals surface area contributed by atoms with E-state index < -0.39 is 65.9 Å². The van der Waals surface area contributed by atoms with Gasteiger partial charge in [0.25, 0.3) is 0 Å². The fraction of sp³-hybridized carbons (Fsp3) is 0.821. The van der Waals surface area contributed by atoms with Gasteiger partial charge < -0.3 is 31.5 Å². The van der Waals surface area contributed by atoms with Crippen LogP contribution >= 0.6 is 0 Å². The molecule has 1 spiro atoms. The number of alkyl halides is 3. The minimum Gasteiger partial charge on any atom is -0.368 e. The molecule has 0 unspecified atom stereocenters. The van der Waals surface area contributed by atoms with Gasteiger partial charge in [-0.05, 0) is 55.3 Å². The maximum Gasteiger partial charge on any atom is 0.406 e. The quantitative estimate of drug-likeness (QED) is 0.316. The number of carbonyl (C=O) groups excluding carboxylic acids is 5. The van der Waals surface area contributed by atoms with Gasteiger partial charge in [0.15, 0.2) is 0 Å². The van der Waals surface area contributed by atoms with Gasteiger partial charge in [0.2, 0.25) is 23.6 Å². The molecule has 4 rings (SSSR count). The van der Waals surface area contributed by atoms with Crippen LogP contribution in [0.3, 0.4) is 0 Å². The first kappa shape index (κ1) is 31.9. The summed E-state index contributed by atoms with van der Waals surface area (Å²) in [5.41, 5.74) is 4.24. The number of nitrogens with two attached hydrogens (primary N) is 1. The molecular formula is C28H43F3N6O5. The third kappa shape index (κ3) is 6.31. The molecule has 2 heterocycles. The topological polar surface area (TPSA) is 154 Å². The Morgan fingerprint density at radius 2 is 1.76 bits per heavy atom. The molecule has 0 bridgehead atoms. The Hall–Kier alpha value is -3.06. The van der Waals surface area contributed by atoms with Crippen LogP contribution in [0, 0.1) is 28.6 Å². The van der Waals surface area contributed by atoms with Crippen LogP contribution in [0.5, 0.6) is 0 Å². The van der Waals surface area contributed by atoms with Crippen molar-refractivity contribution in [1.29, 1.82) is 0 Å². The lowest BCUT2D eigenvalue weighted by Crippen LogP contribution is -2.62. The zero-order valence-corrected chi connectivity index (χ0v) is 25.1. The maximum absolute atomic E-state index is 14.0. The Balaban J connectivity index is 1.52. The van der Waals surface area contributed by atoms with Crippen molar-refractivity contribution in [3.8, 4) is 0 Å². The Bertz CT molecular complexity index is 1150. The lowest BCUT2D eigenvalue weighted by molar-refractivity contribution is -0.145. The van der Waals surface area contributed by atoms with E-state index in [1.165, 1.54) is 11.8 Å². The van der Waals surface area contributed by atoms with Gasteiger partial charge in [0.1, 0.15) is 24.7 Å². The monoisotopic (exact) mass is 600 g/mol. The number of nitrogens with one attached hydrogen (secondary N) is 3. The van der Waals surface area contributed by atoms with Crippen molar-refractivity contribution in [3.05, 3.63) is 0 Å². The molecule has 6 atom stereocenters. The number of nitrogens with zero attached hydrogens (tertiary/aromatic N) is 2. The van der Waals surface area contributed by atoms with Gasteiger partial charge in [-0.15, -0.1) is 0 Å². The van der Waals surface area contributed by atoms with E-state index >= 15 is 0 Å². The lowest BCUT2D eigenvalue weighted by Gasteiger charge is -2.38. The summed E-state index contributed by atoms with van der Waals surface area (Å²) in [5, 5.41) is 8.15. The van der Waals surface area contributed by atoms with Crippen molar-refractivity contribution in [2.24, 2.45) is 34.3 Å². The van der Waals surface area contributed by atoms with Crippen molar-refractivity contribution in [3.63, 3.8) is 0 Å². The molecule has 0 radical (unpaired) electrons. The number of halogens is 3. The van der Waals surface area contributed by atoms with Crippen LogP contribution < -0.4 is 21.7 Å². The average molecular weight is 601 g/mol. The first-order valence-corrected chi connectivity index (χ1v) is 14.5. The van der Waals surface area contributed by atoms with E-state index in [1.54, 1.807) is 20.8 Å². The molecule has 6 amide bonds. The Kier molecular flexibility index (Phi) is 8.03. The van der Waals surface area contributed by atoms with Crippen LogP contribution in [0.4, 0.5) is 18.0 Å². The minimum absolute atomic E-state index is 0.0201. The SMILES string of the molecule is CCN(CC(F)(F)F)C(=O)N[C@H](C(=O)N1C[C@H]2[C@@H]([C@H]1C(=O)N[C@@H](C[C@@H]1CC3(CC3)NC1=O)C(N)=O)C2(C)C)C(C)(C)C. The van der Waals surface area contributed by atoms with Crippen LogP contribution in [0.15, 0.2) is 0 Å². The average Bonchev–Trinajstić information content (AvgIpc) is 3.57. The molecule has 5 N–H and O–H groups in total. The maximum atomic E-state index is 14.0. The van der Waals surface area contributed by atoms with E-state index in [4.69, 9.17) is 5.73 Å². The zero-order valence-electron chi connectivity index (χ0n) is 25.1. The summed E-state index contributed by atoms with van der Waals surface area (Å²) < 4.78 is 39.1. The highest BCUT2D eigenvalue weighted by Gasteiger charge is 2.70. The number of piperidine rings is 1. The van der Waals surface area contributed by atoms with Gasteiger partial charge >= 0.3 is 12.2 Å². The van der Waals surface area contributed by atoms with Crippen molar-refractivity contribution in [2.75, 3.05) is 19.6 Å². The molecular weight excluding hydrogens is 557 g/mol. The number of fused-ring (bicyclic) bond motifs is 1. The second kappa shape index (κ2) is 10.6. The third-order valence-corrected chi connectivity index (χ3v) is 9.61. The van der Waals surface area contributed by atoms with Crippen molar-refractivity contribution in [2.45, 2.75) is 97.1 Å². The third-order valence-electron chi connectivity index (χ3n) is 9.61. The lowest BCUT2D eigenvalue weighted by atomic mass is 9.85. The highest BCUT2D eigenvalue weighted by molar-refractivity contribution is 5.96. The molecule has 2 aliphatic carbocycles. The zero-order chi connectivity index (χ0) is 31.6. The Labute approximate surface area is 243 Å².